The average Bonchev–Trinajstić information content (AvgIpc) is 1.54. The van der Waals surface area contributed by atoms with E-state index in [1.165, 1.54) is 121 Å². The molecule has 5 heterocycles. The molecule has 0 amide bonds. The quantitative estimate of drug-likeness (QED) is 0.158. The molecule has 0 saturated carbocycles. The SMILES string of the molecule is C.CC1(C)c2ccccc2-c2ccc3cc4c(cc3c21)-c1cc(-c2ccccc2)ccc1C4.CC1(C)c2ccccc2-c2ccc3cc4c(cc3c21)c1cc(-c2ccccc2)ccc1n4-c1cccc(-c2nc(-c3ccccc3)c3c(n2)oc2ccccc23)c1.Clc1cccc(-c2nc(-c3ccccc3)c3c(n2)oc2ccccc23)c1. The van der Waals surface area contributed by atoms with Crippen molar-refractivity contribution in [2.24, 2.45) is 0 Å². The van der Waals surface area contributed by atoms with Crippen molar-refractivity contribution < 1.29 is 8.83 Å². The molecule has 3 aliphatic rings. The lowest BCUT2D eigenvalue weighted by molar-refractivity contribution is 0.653. The second-order valence-electron chi connectivity index (χ2n) is 31.6. The summed E-state index contributed by atoms with van der Waals surface area (Å²) in [7, 11) is 0. The largest absolute Gasteiger partial charge is 0.438 e. The van der Waals surface area contributed by atoms with E-state index in [9.17, 15) is 0 Å². The van der Waals surface area contributed by atoms with Gasteiger partial charge in [-0.2, -0.15) is 9.97 Å². The van der Waals surface area contributed by atoms with Gasteiger partial charge in [-0.25, -0.2) is 9.97 Å². The first-order chi connectivity index (χ1) is 56.4. The van der Waals surface area contributed by atoms with Crippen molar-refractivity contribution in [1.82, 2.24) is 24.5 Å². The van der Waals surface area contributed by atoms with Gasteiger partial charge in [-0.3, -0.25) is 0 Å². The standard InChI is InChI=1S/C53H35N3O.C32H24.C22H13ClN2O.CH4/c1-53(2)44-22-11-9-20-38(44)39-26-24-35-30-46-43(31-41(35)49(39)53)42-29-34(32-14-5-3-6-15-32)25-27-45(42)56(46)37-19-13-18-36(28-37)51-54-50(33-16-7-4-8-17-33)48-40-21-10-12-23-47(40)57-52(48)55-51;1-32(2)30-11-7-6-10-25(30)26-15-14-23-17-24-16-22-13-12-21(20-8-4-3-5-9-20)18-27(22)28(24)19-29(23)31(26)32;23-16-10-6-9-15(13-16)21-24-20(14-7-2-1-3-8-14)19-17-11-4-5-12-18(17)26-22(19)25-21;/h3-31H,1-2H3;3-15,17-19H,16H2,1-2H3;1-13H;1H4. The van der Waals surface area contributed by atoms with Gasteiger partial charge >= 0.3 is 0 Å². The summed E-state index contributed by atoms with van der Waals surface area (Å²) >= 11 is 6.16. The first-order valence-corrected chi connectivity index (χ1v) is 39.8. The number of nitrogens with zero attached hydrogens (tertiary/aromatic N) is 5. The Kier molecular flexibility index (Phi) is 16.5. The molecule has 0 unspecified atom stereocenters. The Morgan fingerprint density at radius 3 is 1.33 bits per heavy atom. The number of benzene rings is 16. The fourth-order valence-electron chi connectivity index (χ4n) is 18.9. The Balaban J connectivity index is 0.000000120. The zero-order valence-electron chi connectivity index (χ0n) is 63.6. The second kappa shape index (κ2) is 27.3. The minimum atomic E-state index is -0.124. The molecule has 116 heavy (non-hydrogen) atoms. The summed E-state index contributed by atoms with van der Waals surface area (Å²) in [4.78, 5) is 19.9. The lowest BCUT2D eigenvalue weighted by atomic mass is 9.79. The molecule has 0 bridgehead atoms. The van der Waals surface area contributed by atoms with E-state index in [1.807, 2.05) is 103 Å². The van der Waals surface area contributed by atoms with Gasteiger partial charge in [0.1, 0.15) is 11.2 Å². The minimum Gasteiger partial charge on any atom is -0.438 e. The monoisotopic (exact) mass is 1510 g/mol. The smallest absolute Gasteiger partial charge is 0.231 e. The molecule has 16 aromatic carbocycles. The molecule has 0 radical (unpaired) electrons. The number of rotatable bonds is 7. The summed E-state index contributed by atoms with van der Waals surface area (Å²) in [5, 5.41) is 12.3. The third-order valence-electron chi connectivity index (χ3n) is 24.2. The molecule has 0 aliphatic heterocycles. The van der Waals surface area contributed by atoms with Gasteiger partial charge in [0.25, 0.3) is 0 Å². The van der Waals surface area contributed by atoms with Crippen molar-refractivity contribution in [3.63, 3.8) is 0 Å². The highest BCUT2D eigenvalue weighted by molar-refractivity contribution is 6.31. The van der Waals surface area contributed by atoms with Crippen LogP contribution in [0.3, 0.4) is 0 Å². The molecule has 8 heteroatoms. The molecule has 0 atom stereocenters. The predicted molar refractivity (Wildman–Crippen MR) is 482 cm³/mol. The van der Waals surface area contributed by atoms with Crippen LogP contribution in [0, 0.1) is 0 Å². The van der Waals surface area contributed by atoms with Crippen LogP contribution in [0.5, 0.6) is 0 Å². The molecule has 552 valence electrons. The number of fused-ring (bicyclic) bond motifs is 22. The van der Waals surface area contributed by atoms with Crippen molar-refractivity contribution in [2.45, 2.75) is 52.4 Å². The first-order valence-electron chi connectivity index (χ1n) is 39.4. The van der Waals surface area contributed by atoms with Gasteiger partial charge in [0.2, 0.25) is 11.4 Å². The molecule has 24 rings (SSSR count). The van der Waals surface area contributed by atoms with Crippen molar-refractivity contribution in [3.05, 3.63) is 390 Å². The maximum atomic E-state index is 6.39. The highest BCUT2D eigenvalue weighted by Gasteiger charge is 2.39. The molecule has 0 fully saturated rings. The molecule has 5 aromatic heterocycles. The number of aromatic nitrogens is 5. The van der Waals surface area contributed by atoms with Crippen LogP contribution in [0.15, 0.2) is 361 Å². The third-order valence-corrected chi connectivity index (χ3v) is 24.4. The lowest BCUT2D eigenvalue weighted by Gasteiger charge is -2.23. The van der Waals surface area contributed by atoms with E-state index in [-0.39, 0.29) is 18.3 Å². The Hall–Kier alpha value is -14.1. The van der Waals surface area contributed by atoms with Crippen LogP contribution in [0.1, 0.15) is 68.5 Å². The van der Waals surface area contributed by atoms with E-state index in [2.05, 4.69) is 286 Å². The third kappa shape index (κ3) is 11.3. The van der Waals surface area contributed by atoms with Gasteiger partial charge in [-0.15, -0.1) is 0 Å². The zero-order valence-corrected chi connectivity index (χ0v) is 64.4. The second-order valence-corrected chi connectivity index (χ2v) is 32.1. The van der Waals surface area contributed by atoms with Crippen LogP contribution in [0.25, 0.3) is 194 Å². The molecular formula is C108H76ClN5O2. The van der Waals surface area contributed by atoms with Crippen molar-refractivity contribution in [2.75, 3.05) is 0 Å². The molecule has 21 aromatic rings. The predicted octanol–water partition coefficient (Wildman–Crippen LogP) is 29.3. The van der Waals surface area contributed by atoms with Crippen LogP contribution < -0.4 is 0 Å². The summed E-state index contributed by atoms with van der Waals surface area (Å²) in [6.45, 7) is 9.51. The van der Waals surface area contributed by atoms with Crippen LogP contribution in [0.4, 0.5) is 0 Å². The molecular weight excluding hydrogens is 1430 g/mol. The van der Waals surface area contributed by atoms with Gasteiger partial charge in [-0.1, -0.05) is 326 Å². The molecule has 0 spiro atoms. The Labute approximate surface area is 677 Å². The normalized spacial score (nSPS) is 13.1. The van der Waals surface area contributed by atoms with E-state index in [0.717, 1.165) is 89.5 Å². The first kappa shape index (κ1) is 69.8. The maximum absolute atomic E-state index is 6.39. The average molecular weight is 1510 g/mol. The molecule has 0 saturated heterocycles. The number of para-hydroxylation sites is 2. The van der Waals surface area contributed by atoms with Crippen LogP contribution in [-0.2, 0) is 17.3 Å². The lowest BCUT2D eigenvalue weighted by Crippen LogP contribution is -2.15. The minimum absolute atomic E-state index is 0. The topological polar surface area (TPSA) is 82.8 Å². The van der Waals surface area contributed by atoms with Gasteiger partial charge in [-0.05, 0) is 190 Å². The van der Waals surface area contributed by atoms with Crippen molar-refractivity contribution >= 4 is 99.1 Å². The summed E-state index contributed by atoms with van der Waals surface area (Å²) in [5.41, 5.74) is 33.4. The molecule has 7 nitrogen and oxygen atoms in total. The molecule has 3 aliphatic carbocycles. The van der Waals surface area contributed by atoms with Gasteiger partial charge in [0.05, 0.1) is 33.2 Å². The van der Waals surface area contributed by atoms with Gasteiger partial charge < -0.3 is 13.4 Å². The van der Waals surface area contributed by atoms with Crippen LogP contribution >= 0.6 is 11.6 Å². The van der Waals surface area contributed by atoms with E-state index >= 15 is 0 Å². The van der Waals surface area contributed by atoms with E-state index < -0.39 is 0 Å². The Morgan fingerprint density at radius 2 is 0.759 bits per heavy atom. The number of hydrogen-bond acceptors (Lipinski definition) is 6. The fraction of sp³-hybridized carbons (Fsp3) is 0.0741. The Morgan fingerprint density at radius 1 is 0.302 bits per heavy atom. The zero-order chi connectivity index (χ0) is 76.8. The van der Waals surface area contributed by atoms with E-state index in [1.54, 1.807) is 0 Å². The van der Waals surface area contributed by atoms with E-state index in [4.69, 9.17) is 35.4 Å². The highest BCUT2D eigenvalue weighted by atomic mass is 35.5. The van der Waals surface area contributed by atoms with Gasteiger partial charge in [0.15, 0.2) is 11.6 Å². The van der Waals surface area contributed by atoms with E-state index in [0.29, 0.717) is 28.1 Å². The van der Waals surface area contributed by atoms with Crippen LogP contribution in [0.2, 0.25) is 5.02 Å². The van der Waals surface area contributed by atoms with Crippen molar-refractivity contribution in [3.8, 4) is 107 Å². The van der Waals surface area contributed by atoms with Gasteiger partial charge in [0, 0.05) is 65.3 Å². The number of halogens is 1. The summed E-state index contributed by atoms with van der Waals surface area (Å²) in [6.07, 6.45) is 1.02. The summed E-state index contributed by atoms with van der Waals surface area (Å²) in [6, 6.07) is 125. The number of furan rings is 2. The fourth-order valence-corrected chi connectivity index (χ4v) is 19.0. The van der Waals surface area contributed by atoms with Crippen molar-refractivity contribution in [1.29, 1.82) is 0 Å². The Bertz CT molecular complexity index is 7560. The summed E-state index contributed by atoms with van der Waals surface area (Å²) in [5.74, 6) is 1.22. The maximum Gasteiger partial charge on any atom is 0.231 e. The number of hydrogen-bond donors (Lipinski definition) is 0. The van der Waals surface area contributed by atoms with Crippen LogP contribution in [-0.4, -0.2) is 24.5 Å². The highest BCUT2D eigenvalue weighted by Crippen LogP contribution is 2.55. The summed E-state index contributed by atoms with van der Waals surface area (Å²) < 4.78 is 14.8. The molecule has 0 N–H and O–H groups in total.